The van der Waals surface area contributed by atoms with Crippen LogP contribution < -0.4 is 5.32 Å². The van der Waals surface area contributed by atoms with E-state index < -0.39 is 17.5 Å². The first kappa shape index (κ1) is 16.2. The van der Waals surface area contributed by atoms with Crippen LogP contribution in [0.25, 0.3) is 5.69 Å². The van der Waals surface area contributed by atoms with Crippen molar-refractivity contribution in [2.24, 2.45) is 0 Å². The summed E-state index contributed by atoms with van der Waals surface area (Å²) in [6, 6.07) is 7.85. The van der Waals surface area contributed by atoms with E-state index in [2.05, 4.69) is 15.4 Å². The molecule has 3 rings (SSSR count). The Bertz CT molecular complexity index is 834. The standard InChI is InChI=1S/C17H15F3N4/c1-11(14-4-3-13(18)7-15(14)19)22-8-12-2-5-17(16(20)6-12)24-10-21-9-23-24/h2-7,9-11,22H,8H2,1H3/t11-/m0/s1. The highest BCUT2D eigenvalue weighted by Crippen LogP contribution is 2.19. The number of hydrogen-bond acceptors (Lipinski definition) is 3. The molecule has 7 heteroatoms. The largest absolute Gasteiger partial charge is 0.306 e. The maximum atomic E-state index is 14.2. The normalized spacial score (nSPS) is 12.3. The summed E-state index contributed by atoms with van der Waals surface area (Å²) in [4.78, 5) is 3.78. The van der Waals surface area contributed by atoms with Crippen LogP contribution in [0.4, 0.5) is 13.2 Å². The van der Waals surface area contributed by atoms with Crippen LogP contribution in [0, 0.1) is 17.5 Å². The molecule has 0 saturated carbocycles. The molecule has 1 N–H and O–H groups in total. The SMILES string of the molecule is C[C@H](NCc1ccc(-n2cncn2)c(F)c1)c1ccc(F)cc1F. The summed E-state index contributed by atoms with van der Waals surface area (Å²) in [6.45, 7) is 2.10. The number of benzene rings is 2. The first-order chi connectivity index (χ1) is 11.5. The van der Waals surface area contributed by atoms with E-state index in [1.807, 2.05) is 0 Å². The lowest BCUT2D eigenvalue weighted by Crippen LogP contribution is -2.19. The summed E-state index contributed by atoms with van der Waals surface area (Å²) < 4.78 is 42.2. The van der Waals surface area contributed by atoms with E-state index in [-0.39, 0.29) is 6.04 Å². The minimum atomic E-state index is -0.616. The second kappa shape index (κ2) is 6.84. The van der Waals surface area contributed by atoms with Crippen molar-refractivity contribution in [3.8, 4) is 5.69 Å². The summed E-state index contributed by atoms with van der Waals surface area (Å²) in [5, 5.41) is 6.98. The smallest absolute Gasteiger partial charge is 0.149 e. The van der Waals surface area contributed by atoms with E-state index in [9.17, 15) is 13.2 Å². The molecular formula is C17H15F3N4. The Morgan fingerprint density at radius 1 is 1.08 bits per heavy atom. The van der Waals surface area contributed by atoms with Gasteiger partial charge in [0.1, 0.15) is 35.8 Å². The van der Waals surface area contributed by atoms with Crippen LogP contribution in [0.5, 0.6) is 0 Å². The van der Waals surface area contributed by atoms with Gasteiger partial charge in [-0.25, -0.2) is 22.8 Å². The molecule has 0 spiro atoms. The van der Waals surface area contributed by atoms with Crippen molar-refractivity contribution >= 4 is 0 Å². The zero-order chi connectivity index (χ0) is 17.1. The number of aromatic nitrogens is 3. The zero-order valence-corrected chi connectivity index (χ0v) is 12.9. The molecule has 0 aliphatic carbocycles. The minimum absolute atomic E-state index is 0.300. The molecule has 1 heterocycles. The van der Waals surface area contributed by atoms with Gasteiger partial charge in [0, 0.05) is 24.2 Å². The Morgan fingerprint density at radius 2 is 1.92 bits per heavy atom. The fourth-order valence-electron chi connectivity index (χ4n) is 2.41. The molecule has 124 valence electrons. The zero-order valence-electron chi connectivity index (χ0n) is 12.9. The van der Waals surface area contributed by atoms with Gasteiger partial charge in [-0.2, -0.15) is 5.10 Å². The van der Waals surface area contributed by atoms with Gasteiger partial charge in [-0.15, -0.1) is 0 Å². The molecule has 2 aromatic carbocycles. The number of nitrogens with one attached hydrogen (secondary N) is 1. The number of halogens is 3. The van der Waals surface area contributed by atoms with E-state index in [0.29, 0.717) is 23.4 Å². The number of hydrogen-bond donors (Lipinski definition) is 1. The molecule has 1 atom stereocenters. The predicted octanol–water partition coefficient (Wildman–Crippen LogP) is 3.54. The minimum Gasteiger partial charge on any atom is -0.306 e. The second-order valence-corrected chi connectivity index (χ2v) is 5.39. The molecule has 0 aliphatic heterocycles. The monoisotopic (exact) mass is 332 g/mol. The highest BCUT2D eigenvalue weighted by Gasteiger charge is 2.12. The van der Waals surface area contributed by atoms with Crippen LogP contribution in [0.3, 0.4) is 0 Å². The van der Waals surface area contributed by atoms with Crippen LogP contribution >= 0.6 is 0 Å². The Morgan fingerprint density at radius 3 is 2.58 bits per heavy atom. The Balaban J connectivity index is 1.69. The number of nitrogens with zero attached hydrogens (tertiary/aromatic N) is 3. The Hall–Kier alpha value is -2.67. The maximum absolute atomic E-state index is 14.2. The molecule has 0 radical (unpaired) electrons. The van der Waals surface area contributed by atoms with Gasteiger partial charge in [0.2, 0.25) is 0 Å². The van der Waals surface area contributed by atoms with Gasteiger partial charge in [0.15, 0.2) is 0 Å². The lowest BCUT2D eigenvalue weighted by atomic mass is 10.1. The third-order valence-corrected chi connectivity index (χ3v) is 3.72. The quantitative estimate of drug-likeness (QED) is 0.777. The summed E-state index contributed by atoms with van der Waals surface area (Å²) >= 11 is 0. The van der Waals surface area contributed by atoms with Gasteiger partial charge in [0.25, 0.3) is 0 Å². The van der Waals surface area contributed by atoms with Crippen molar-refractivity contribution in [2.45, 2.75) is 19.5 Å². The molecule has 24 heavy (non-hydrogen) atoms. The first-order valence-corrected chi connectivity index (χ1v) is 7.36. The molecule has 0 amide bonds. The Kier molecular flexibility index (Phi) is 4.61. The Labute approximate surface area is 137 Å². The fourth-order valence-corrected chi connectivity index (χ4v) is 2.41. The van der Waals surface area contributed by atoms with E-state index in [1.165, 1.54) is 35.5 Å². The third-order valence-electron chi connectivity index (χ3n) is 3.72. The van der Waals surface area contributed by atoms with Gasteiger partial charge in [-0.3, -0.25) is 0 Å². The summed E-state index contributed by atoms with van der Waals surface area (Å²) in [7, 11) is 0. The summed E-state index contributed by atoms with van der Waals surface area (Å²) in [6.07, 6.45) is 2.74. The van der Waals surface area contributed by atoms with Gasteiger partial charge >= 0.3 is 0 Å². The van der Waals surface area contributed by atoms with Crippen LogP contribution in [0.15, 0.2) is 49.1 Å². The topological polar surface area (TPSA) is 42.7 Å². The lowest BCUT2D eigenvalue weighted by molar-refractivity contribution is 0.516. The molecule has 4 nitrogen and oxygen atoms in total. The molecule has 0 bridgehead atoms. The van der Waals surface area contributed by atoms with Gasteiger partial charge in [-0.05, 0) is 30.7 Å². The average Bonchev–Trinajstić information content (AvgIpc) is 3.07. The molecule has 3 aromatic rings. The third kappa shape index (κ3) is 3.46. The lowest BCUT2D eigenvalue weighted by Gasteiger charge is -2.15. The van der Waals surface area contributed by atoms with Crippen molar-refractivity contribution in [2.75, 3.05) is 0 Å². The van der Waals surface area contributed by atoms with Crippen molar-refractivity contribution in [1.29, 1.82) is 0 Å². The molecular weight excluding hydrogens is 317 g/mol. The maximum Gasteiger partial charge on any atom is 0.149 e. The van der Waals surface area contributed by atoms with E-state index in [1.54, 1.807) is 19.1 Å². The second-order valence-electron chi connectivity index (χ2n) is 5.39. The molecule has 0 saturated heterocycles. The molecule has 0 unspecified atom stereocenters. The summed E-state index contributed by atoms with van der Waals surface area (Å²) in [5.74, 6) is -1.66. The molecule has 0 aliphatic rings. The summed E-state index contributed by atoms with van der Waals surface area (Å²) in [5.41, 5.74) is 1.36. The van der Waals surface area contributed by atoms with Crippen LogP contribution in [0.1, 0.15) is 24.1 Å². The first-order valence-electron chi connectivity index (χ1n) is 7.36. The number of rotatable bonds is 5. The molecule has 0 fully saturated rings. The van der Waals surface area contributed by atoms with E-state index >= 15 is 0 Å². The fraction of sp³-hybridized carbons (Fsp3) is 0.176. The highest BCUT2D eigenvalue weighted by molar-refractivity contribution is 5.35. The van der Waals surface area contributed by atoms with Gasteiger partial charge in [0.05, 0.1) is 0 Å². The van der Waals surface area contributed by atoms with Gasteiger partial charge < -0.3 is 5.32 Å². The van der Waals surface area contributed by atoms with Gasteiger partial charge in [-0.1, -0.05) is 12.1 Å². The van der Waals surface area contributed by atoms with Crippen LogP contribution in [-0.4, -0.2) is 14.8 Å². The van der Waals surface area contributed by atoms with Crippen LogP contribution in [-0.2, 0) is 6.54 Å². The van der Waals surface area contributed by atoms with Crippen molar-refractivity contribution in [1.82, 2.24) is 20.1 Å². The highest BCUT2D eigenvalue weighted by atomic mass is 19.1. The van der Waals surface area contributed by atoms with Crippen molar-refractivity contribution < 1.29 is 13.2 Å². The predicted molar refractivity (Wildman–Crippen MR) is 82.9 cm³/mol. The van der Waals surface area contributed by atoms with Crippen molar-refractivity contribution in [3.05, 3.63) is 77.6 Å². The van der Waals surface area contributed by atoms with E-state index in [4.69, 9.17) is 0 Å². The molecule has 1 aromatic heterocycles. The van der Waals surface area contributed by atoms with Crippen molar-refractivity contribution in [3.63, 3.8) is 0 Å². The van der Waals surface area contributed by atoms with E-state index in [0.717, 1.165) is 6.07 Å². The van der Waals surface area contributed by atoms with Crippen LogP contribution in [0.2, 0.25) is 0 Å². The average molecular weight is 332 g/mol.